The summed E-state index contributed by atoms with van der Waals surface area (Å²) in [6.07, 6.45) is 0. The molecule has 0 heterocycles. The molecule has 0 saturated carbocycles. The Morgan fingerprint density at radius 2 is 1.24 bits per heavy atom. The molecule has 0 spiro atoms. The fraction of sp³-hybridized carbons (Fsp3) is 0.143. The van der Waals surface area contributed by atoms with Gasteiger partial charge in [-0.05, 0) is 43.7 Å². The Balaban J connectivity index is 0.000000171. The van der Waals surface area contributed by atoms with Crippen molar-refractivity contribution < 1.29 is 8.78 Å². The second-order valence-corrected chi connectivity index (χ2v) is 4.18. The molecule has 2 aromatic rings. The van der Waals surface area contributed by atoms with Crippen molar-refractivity contribution in [3.05, 3.63) is 70.2 Å². The standard InChI is InChI=1S/C7H7Cl.C7H6F2/c1-6-2-4-7(8)5-3-6;1-5-2-6(8)4-7(9)3-5/h2-5H,1H3;2-4H,1H3. The molecule has 0 atom stereocenters. The molecule has 0 bridgehead atoms. The summed E-state index contributed by atoms with van der Waals surface area (Å²) in [7, 11) is 0. The summed E-state index contributed by atoms with van der Waals surface area (Å²) < 4.78 is 24.4. The number of benzene rings is 2. The lowest BCUT2D eigenvalue weighted by molar-refractivity contribution is 0.581. The molecule has 2 aromatic carbocycles. The summed E-state index contributed by atoms with van der Waals surface area (Å²) in [4.78, 5) is 0. The van der Waals surface area contributed by atoms with E-state index in [4.69, 9.17) is 11.6 Å². The number of halogens is 3. The van der Waals surface area contributed by atoms with Gasteiger partial charge in [0.15, 0.2) is 0 Å². The van der Waals surface area contributed by atoms with Crippen molar-refractivity contribution >= 4 is 11.6 Å². The number of rotatable bonds is 0. The highest BCUT2D eigenvalue weighted by molar-refractivity contribution is 6.30. The molecule has 0 saturated heterocycles. The highest BCUT2D eigenvalue weighted by Crippen LogP contribution is 2.07. The van der Waals surface area contributed by atoms with Crippen molar-refractivity contribution in [2.75, 3.05) is 0 Å². The van der Waals surface area contributed by atoms with E-state index < -0.39 is 11.6 Å². The molecule has 17 heavy (non-hydrogen) atoms. The summed E-state index contributed by atoms with van der Waals surface area (Å²) in [5.41, 5.74) is 1.85. The van der Waals surface area contributed by atoms with Gasteiger partial charge in [0.25, 0.3) is 0 Å². The Morgan fingerprint density at radius 1 is 0.765 bits per heavy atom. The maximum atomic E-state index is 12.2. The number of hydrogen-bond donors (Lipinski definition) is 0. The molecule has 2 rings (SSSR count). The molecule has 0 fully saturated rings. The molecule has 0 aliphatic heterocycles. The van der Waals surface area contributed by atoms with Crippen LogP contribution in [0.25, 0.3) is 0 Å². The van der Waals surface area contributed by atoms with E-state index in [1.165, 1.54) is 17.7 Å². The molecule has 0 unspecified atom stereocenters. The van der Waals surface area contributed by atoms with E-state index in [1.54, 1.807) is 6.92 Å². The highest BCUT2D eigenvalue weighted by Gasteiger charge is 1.93. The van der Waals surface area contributed by atoms with E-state index >= 15 is 0 Å². The van der Waals surface area contributed by atoms with Gasteiger partial charge >= 0.3 is 0 Å². The van der Waals surface area contributed by atoms with Crippen molar-refractivity contribution in [1.29, 1.82) is 0 Å². The van der Waals surface area contributed by atoms with Gasteiger partial charge in [-0.25, -0.2) is 8.78 Å². The van der Waals surface area contributed by atoms with E-state index in [9.17, 15) is 8.78 Å². The molecule has 90 valence electrons. The minimum absolute atomic E-state index is 0.521. The average Bonchev–Trinajstić information content (AvgIpc) is 2.21. The quantitative estimate of drug-likeness (QED) is 0.626. The number of aryl methyl sites for hydroxylation is 2. The van der Waals surface area contributed by atoms with Crippen LogP contribution in [0.3, 0.4) is 0 Å². The van der Waals surface area contributed by atoms with Crippen LogP contribution in [0.2, 0.25) is 5.02 Å². The van der Waals surface area contributed by atoms with Gasteiger partial charge in [-0.2, -0.15) is 0 Å². The minimum Gasteiger partial charge on any atom is -0.207 e. The van der Waals surface area contributed by atoms with E-state index in [2.05, 4.69) is 0 Å². The van der Waals surface area contributed by atoms with E-state index in [0.717, 1.165) is 11.1 Å². The SMILES string of the molecule is Cc1cc(F)cc(F)c1.Cc1ccc(Cl)cc1. The van der Waals surface area contributed by atoms with Gasteiger partial charge in [-0.15, -0.1) is 0 Å². The van der Waals surface area contributed by atoms with Crippen LogP contribution >= 0.6 is 11.6 Å². The maximum Gasteiger partial charge on any atom is 0.126 e. The van der Waals surface area contributed by atoms with Gasteiger partial charge in [0, 0.05) is 11.1 Å². The van der Waals surface area contributed by atoms with Crippen molar-refractivity contribution in [3.8, 4) is 0 Å². The third kappa shape index (κ3) is 5.45. The molecule has 0 aliphatic rings. The normalized spacial score (nSPS) is 9.47. The molecule has 0 amide bonds. The largest absolute Gasteiger partial charge is 0.207 e. The second-order valence-electron chi connectivity index (χ2n) is 3.74. The lowest BCUT2D eigenvalue weighted by Crippen LogP contribution is -1.80. The topological polar surface area (TPSA) is 0 Å². The molecule has 0 aromatic heterocycles. The zero-order valence-electron chi connectivity index (χ0n) is 9.68. The van der Waals surface area contributed by atoms with Crippen LogP contribution in [0.1, 0.15) is 11.1 Å². The third-order valence-electron chi connectivity index (χ3n) is 2.02. The lowest BCUT2D eigenvalue weighted by atomic mass is 10.2. The van der Waals surface area contributed by atoms with Crippen LogP contribution < -0.4 is 0 Å². The van der Waals surface area contributed by atoms with Crippen LogP contribution in [-0.4, -0.2) is 0 Å². The van der Waals surface area contributed by atoms with Crippen LogP contribution in [0.15, 0.2) is 42.5 Å². The first-order chi connectivity index (χ1) is 7.97. The Hall–Kier alpha value is -1.41. The monoisotopic (exact) mass is 254 g/mol. The first-order valence-corrected chi connectivity index (χ1v) is 5.50. The summed E-state index contributed by atoms with van der Waals surface area (Å²) in [6, 6.07) is 11.2. The summed E-state index contributed by atoms with van der Waals surface area (Å²) in [5.74, 6) is -1.04. The molecular formula is C14H13ClF2. The minimum atomic E-state index is -0.521. The predicted octanol–water partition coefficient (Wildman–Crippen LogP) is 4.92. The van der Waals surface area contributed by atoms with E-state index in [1.807, 2.05) is 31.2 Å². The predicted molar refractivity (Wildman–Crippen MR) is 67.3 cm³/mol. The van der Waals surface area contributed by atoms with E-state index in [0.29, 0.717) is 5.56 Å². The van der Waals surface area contributed by atoms with E-state index in [-0.39, 0.29) is 0 Å². The van der Waals surface area contributed by atoms with Gasteiger partial charge < -0.3 is 0 Å². The van der Waals surface area contributed by atoms with Crippen molar-refractivity contribution in [2.45, 2.75) is 13.8 Å². The van der Waals surface area contributed by atoms with Gasteiger partial charge in [0.1, 0.15) is 11.6 Å². The van der Waals surface area contributed by atoms with Gasteiger partial charge in [-0.1, -0.05) is 29.3 Å². The van der Waals surface area contributed by atoms with Crippen molar-refractivity contribution in [2.24, 2.45) is 0 Å². The molecule has 0 radical (unpaired) electrons. The van der Waals surface area contributed by atoms with Gasteiger partial charge in [0.2, 0.25) is 0 Å². The van der Waals surface area contributed by atoms with Crippen LogP contribution in [0, 0.1) is 25.5 Å². The van der Waals surface area contributed by atoms with Crippen molar-refractivity contribution in [3.63, 3.8) is 0 Å². The fourth-order valence-corrected chi connectivity index (χ4v) is 1.35. The maximum absolute atomic E-state index is 12.2. The smallest absolute Gasteiger partial charge is 0.126 e. The Kier molecular flexibility index (Phi) is 5.11. The molecular weight excluding hydrogens is 242 g/mol. The summed E-state index contributed by atoms with van der Waals surface area (Å²) in [6.45, 7) is 3.68. The Labute approximate surface area is 105 Å². The van der Waals surface area contributed by atoms with Gasteiger partial charge in [0.05, 0.1) is 0 Å². The van der Waals surface area contributed by atoms with Crippen molar-refractivity contribution in [1.82, 2.24) is 0 Å². The molecule has 0 aliphatic carbocycles. The first-order valence-electron chi connectivity index (χ1n) is 5.12. The Bertz CT molecular complexity index is 407. The zero-order valence-corrected chi connectivity index (χ0v) is 10.4. The van der Waals surface area contributed by atoms with Crippen LogP contribution in [0.4, 0.5) is 8.78 Å². The van der Waals surface area contributed by atoms with Gasteiger partial charge in [-0.3, -0.25) is 0 Å². The van der Waals surface area contributed by atoms with Crippen LogP contribution in [0.5, 0.6) is 0 Å². The molecule has 0 N–H and O–H groups in total. The highest BCUT2D eigenvalue weighted by atomic mass is 35.5. The molecule has 3 heteroatoms. The zero-order chi connectivity index (χ0) is 12.8. The molecule has 0 nitrogen and oxygen atoms in total. The third-order valence-corrected chi connectivity index (χ3v) is 2.27. The second kappa shape index (κ2) is 6.36. The average molecular weight is 255 g/mol. The summed E-state index contributed by atoms with van der Waals surface area (Å²) >= 11 is 5.61. The fourth-order valence-electron chi connectivity index (χ4n) is 1.22. The Morgan fingerprint density at radius 3 is 1.59 bits per heavy atom. The summed E-state index contributed by atoms with van der Waals surface area (Å²) in [5, 5.41) is 0.801. The first kappa shape index (κ1) is 13.7. The van der Waals surface area contributed by atoms with Crippen LogP contribution in [-0.2, 0) is 0 Å². The number of hydrogen-bond acceptors (Lipinski definition) is 0. The lowest BCUT2D eigenvalue weighted by Gasteiger charge is -1.91.